The molecule has 0 saturated carbocycles. The van der Waals surface area contributed by atoms with Gasteiger partial charge in [-0.2, -0.15) is 0 Å². The molecule has 0 radical (unpaired) electrons. The van der Waals surface area contributed by atoms with Gasteiger partial charge in [0.05, 0.1) is 19.3 Å². The van der Waals surface area contributed by atoms with E-state index in [2.05, 4.69) is 60.6 Å². The summed E-state index contributed by atoms with van der Waals surface area (Å²) in [6.07, 6.45) is 4.33. The molecule has 1 fully saturated rings. The van der Waals surface area contributed by atoms with Crippen LogP contribution in [-0.4, -0.2) is 49.7 Å². The topological polar surface area (TPSA) is 48.9 Å². The SMILES string of the molecule is CCNC(=NCc1ccc(COC(C)C)cc1)NCCN1CCCCC1. The Kier molecular flexibility index (Phi) is 9.50. The minimum absolute atomic E-state index is 0.262. The molecule has 0 bridgehead atoms. The van der Waals surface area contributed by atoms with Crippen LogP contribution in [0.15, 0.2) is 29.3 Å². The highest BCUT2D eigenvalue weighted by atomic mass is 16.5. The molecular formula is C21H36N4O. The molecule has 0 unspecified atom stereocenters. The lowest BCUT2D eigenvalue weighted by atomic mass is 10.1. The van der Waals surface area contributed by atoms with Crippen LogP contribution in [0.2, 0.25) is 0 Å². The summed E-state index contributed by atoms with van der Waals surface area (Å²) >= 11 is 0. The van der Waals surface area contributed by atoms with Crippen molar-refractivity contribution in [1.82, 2.24) is 15.5 Å². The number of rotatable bonds is 9. The highest BCUT2D eigenvalue weighted by molar-refractivity contribution is 5.79. The normalized spacial score (nSPS) is 16.1. The van der Waals surface area contributed by atoms with Gasteiger partial charge in [-0.3, -0.25) is 0 Å². The molecule has 0 aromatic heterocycles. The van der Waals surface area contributed by atoms with Crippen LogP contribution >= 0.6 is 0 Å². The number of ether oxygens (including phenoxy) is 1. The van der Waals surface area contributed by atoms with Crippen molar-refractivity contribution in [2.24, 2.45) is 4.99 Å². The first kappa shape index (κ1) is 20.7. The van der Waals surface area contributed by atoms with Crippen LogP contribution in [0.25, 0.3) is 0 Å². The van der Waals surface area contributed by atoms with Crippen molar-refractivity contribution >= 4 is 5.96 Å². The van der Waals surface area contributed by atoms with Gasteiger partial charge >= 0.3 is 0 Å². The third-order valence-electron chi connectivity index (χ3n) is 4.54. The van der Waals surface area contributed by atoms with Crippen molar-refractivity contribution < 1.29 is 4.74 Å². The van der Waals surface area contributed by atoms with E-state index in [1.807, 2.05) is 0 Å². The van der Waals surface area contributed by atoms with Crippen LogP contribution in [0.5, 0.6) is 0 Å². The van der Waals surface area contributed by atoms with E-state index in [9.17, 15) is 0 Å². The standard InChI is InChI=1S/C21H36N4O/c1-4-22-21(23-12-15-25-13-6-5-7-14-25)24-16-19-8-10-20(11-9-19)17-26-18(2)3/h8-11,18H,4-7,12-17H2,1-3H3,(H2,22,23,24). The molecule has 1 heterocycles. The molecule has 1 aromatic carbocycles. The van der Waals surface area contributed by atoms with Crippen molar-refractivity contribution in [3.63, 3.8) is 0 Å². The predicted molar refractivity (Wildman–Crippen MR) is 109 cm³/mol. The fourth-order valence-corrected chi connectivity index (χ4v) is 3.03. The molecule has 1 aliphatic heterocycles. The Morgan fingerprint density at radius 3 is 2.42 bits per heavy atom. The maximum atomic E-state index is 5.64. The predicted octanol–water partition coefficient (Wildman–Crippen LogP) is 3.15. The molecule has 26 heavy (non-hydrogen) atoms. The van der Waals surface area contributed by atoms with E-state index in [1.54, 1.807) is 0 Å². The first-order chi connectivity index (χ1) is 12.7. The van der Waals surface area contributed by atoms with Crippen molar-refractivity contribution in [2.45, 2.75) is 59.3 Å². The van der Waals surface area contributed by atoms with Crippen molar-refractivity contribution in [3.8, 4) is 0 Å². The number of aliphatic imine (C=N–C) groups is 1. The largest absolute Gasteiger partial charge is 0.374 e. The lowest BCUT2D eigenvalue weighted by Gasteiger charge is -2.26. The fourth-order valence-electron chi connectivity index (χ4n) is 3.03. The molecular weight excluding hydrogens is 324 g/mol. The zero-order valence-corrected chi connectivity index (χ0v) is 16.8. The summed E-state index contributed by atoms with van der Waals surface area (Å²) in [5.74, 6) is 0.900. The van der Waals surface area contributed by atoms with Crippen LogP contribution < -0.4 is 10.6 Å². The Labute approximate surface area is 159 Å². The maximum absolute atomic E-state index is 5.64. The number of guanidine groups is 1. The van der Waals surface area contributed by atoms with Crippen LogP contribution in [0.1, 0.15) is 51.2 Å². The van der Waals surface area contributed by atoms with Crippen molar-refractivity contribution in [3.05, 3.63) is 35.4 Å². The van der Waals surface area contributed by atoms with Gasteiger partial charge in [-0.05, 0) is 57.8 Å². The number of benzene rings is 1. The summed E-state index contributed by atoms with van der Waals surface area (Å²) in [4.78, 5) is 7.25. The Hall–Kier alpha value is -1.59. The van der Waals surface area contributed by atoms with Crippen LogP contribution in [0.4, 0.5) is 0 Å². The Morgan fingerprint density at radius 2 is 1.77 bits per heavy atom. The Balaban J connectivity index is 1.77. The monoisotopic (exact) mass is 360 g/mol. The van der Waals surface area contributed by atoms with E-state index in [4.69, 9.17) is 9.73 Å². The van der Waals surface area contributed by atoms with Gasteiger partial charge in [-0.25, -0.2) is 4.99 Å². The zero-order valence-electron chi connectivity index (χ0n) is 16.8. The summed E-state index contributed by atoms with van der Waals surface area (Å²) in [5, 5.41) is 6.79. The first-order valence-electron chi connectivity index (χ1n) is 10.1. The van der Waals surface area contributed by atoms with Gasteiger partial charge in [0.15, 0.2) is 5.96 Å². The summed E-state index contributed by atoms with van der Waals surface area (Å²) in [6.45, 7) is 13.0. The van der Waals surface area contributed by atoms with Crippen molar-refractivity contribution in [2.75, 3.05) is 32.7 Å². The molecule has 1 aliphatic rings. The quantitative estimate of drug-likeness (QED) is 0.525. The highest BCUT2D eigenvalue weighted by Gasteiger charge is 2.09. The smallest absolute Gasteiger partial charge is 0.191 e. The molecule has 0 amide bonds. The molecule has 0 aliphatic carbocycles. The van der Waals surface area contributed by atoms with E-state index in [-0.39, 0.29) is 6.10 Å². The minimum Gasteiger partial charge on any atom is -0.374 e. The number of piperidine rings is 1. The van der Waals surface area contributed by atoms with Gasteiger partial charge in [-0.1, -0.05) is 30.7 Å². The third-order valence-corrected chi connectivity index (χ3v) is 4.54. The fraction of sp³-hybridized carbons (Fsp3) is 0.667. The zero-order chi connectivity index (χ0) is 18.6. The first-order valence-corrected chi connectivity index (χ1v) is 10.1. The third kappa shape index (κ3) is 8.19. The number of nitrogens with one attached hydrogen (secondary N) is 2. The van der Waals surface area contributed by atoms with Crippen LogP contribution in [0.3, 0.4) is 0 Å². The van der Waals surface area contributed by atoms with Crippen LogP contribution in [0, 0.1) is 0 Å². The highest BCUT2D eigenvalue weighted by Crippen LogP contribution is 2.09. The van der Waals surface area contributed by atoms with E-state index in [0.717, 1.165) is 25.6 Å². The van der Waals surface area contributed by atoms with E-state index in [0.29, 0.717) is 13.2 Å². The summed E-state index contributed by atoms with van der Waals surface area (Å²) < 4.78 is 5.64. The molecule has 0 spiro atoms. The molecule has 0 atom stereocenters. The average Bonchev–Trinajstić information content (AvgIpc) is 2.66. The van der Waals surface area contributed by atoms with Gasteiger partial charge in [0.1, 0.15) is 0 Å². The Morgan fingerprint density at radius 1 is 1.08 bits per heavy atom. The molecule has 2 rings (SSSR count). The summed E-state index contributed by atoms with van der Waals surface area (Å²) in [6, 6.07) is 8.54. The molecule has 1 aromatic rings. The number of hydrogen-bond acceptors (Lipinski definition) is 3. The van der Waals surface area contributed by atoms with Crippen molar-refractivity contribution in [1.29, 1.82) is 0 Å². The van der Waals surface area contributed by atoms with Crippen LogP contribution in [-0.2, 0) is 17.9 Å². The maximum Gasteiger partial charge on any atom is 0.191 e. The van der Waals surface area contributed by atoms with Gasteiger partial charge in [0, 0.05) is 19.6 Å². The van der Waals surface area contributed by atoms with Gasteiger partial charge in [0.2, 0.25) is 0 Å². The second kappa shape index (κ2) is 11.9. The lowest BCUT2D eigenvalue weighted by molar-refractivity contribution is 0.0657. The Bertz CT molecular complexity index is 521. The lowest BCUT2D eigenvalue weighted by Crippen LogP contribution is -2.42. The molecule has 5 heteroatoms. The molecule has 5 nitrogen and oxygen atoms in total. The molecule has 2 N–H and O–H groups in total. The molecule has 1 saturated heterocycles. The van der Waals surface area contributed by atoms with Gasteiger partial charge < -0.3 is 20.3 Å². The summed E-state index contributed by atoms with van der Waals surface area (Å²) in [7, 11) is 0. The number of hydrogen-bond donors (Lipinski definition) is 2. The summed E-state index contributed by atoms with van der Waals surface area (Å²) in [5.41, 5.74) is 2.42. The molecule has 146 valence electrons. The number of likely N-dealkylation sites (tertiary alicyclic amines) is 1. The van der Waals surface area contributed by atoms with Gasteiger partial charge in [0.25, 0.3) is 0 Å². The van der Waals surface area contributed by atoms with E-state index < -0.39 is 0 Å². The van der Waals surface area contributed by atoms with E-state index >= 15 is 0 Å². The van der Waals surface area contributed by atoms with Gasteiger partial charge in [-0.15, -0.1) is 0 Å². The van der Waals surface area contributed by atoms with E-state index in [1.165, 1.54) is 43.5 Å². The second-order valence-electron chi connectivity index (χ2n) is 7.20. The minimum atomic E-state index is 0.262. The second-order valence-corrected chi connectivity index (χ2v) is 7.20. The average molecular weight is 361 g/mol. The number of nitrogens with zero attached hydrogens (tertiary/aromatic N) is 2.